The quantitative estimate of drug-likeness (QED) is 0.519. The normalized spacial score (nSPS) is 10.8. The van der Waals surface area contributed by atoms with Crippen LogP contribution >= 0.6 is 11.6 Å². The molecule has 0 amide bonds. The Morgan fingerprint density at radius 3 is 1.82 bits per heavy atom. The van der Waals surface area contributed by atoms with Gasteiger partial charge in [0.15, 0.2) is 0 Å². The zero-order valence-corrected chi connectivity index (χ0v) is 15.8. The maximum Gasteiger partial charge on any atom is 0.292 e. The Morgan fingerprint density at radius 1 is 0.786 bits per heavy atom. The van der Waals surface area contributed by atoms with E-state index in [4.69, 9.17) is 11.6 Å². The molecule has 0 spiro atoms. The van der Waals surface area contributed by atoms with Gasteiger partial charge in [-0.3, -0.25) is 4.79 Å². The van der Waals surface area contributed by atoms with Crippen LogP contribution in [0.3, 0.4) is 0 Å². The van der Waals surface area contributed by atoms with Crippen LogP contribution in [0.5, 0.6) is 0 Å². The number of rotatable bonds is 5. The number of nitrogens with one attached hydrogen (secondary N) is 1. The summed E-state index contributed by atoms with van der Waals surface area (Å²) in [5.41, 5.74) is 2.94. The summed E-state index contributed by atoms with van der Waals surface area (Å²) >= 11 is 6.43. The maximum absolute atomic E-state index is 12.8. The first kappa shape index (κ1) is 18.0. The second-order valence-electron chi connectivity index (χ2n) is 6.32. The molecule has 0 unspecified atom stereocenters. The minimum atomic E-state index is -0.363. The molecule has 3 aromatic carbocycles. The maximum atomic E-state index is 12.8. The van der Waals surface area contributed by atoms with Crippen molar-refractivity contribution in [3.05, 3.63) is 124 Å². The average Bonchev–Trinajstić information content (AvgIpc) is 2.77. The fourth-order valence-corrected chi connectivity index (χ4v) is 3.28. The molecule has 0 aliphatic heterocycles. The molecular weight excluding hydrogens is 370 g/mol. The van der Waals surface area contributed by atoms with E-state index in [9.17, 15) is 4.79 Å². The van der Waals surface area contributed by atoms with Crippen LogP contribution in [0, 0.1) is 0 Å². The Labute approximate surface area is 168 Å². The summed E-state index contributed by atoms with van der Waals surface area (Å²) in [5.74, 6) is 0. The lowest BCUT2D eigenvalue weighted by Gasteiger charge is -2.21. The standard InChI is InChI=1S/C23H18ClN3O/c24-21-20(16-25-27(23(21)28)19-14-8-3-9-15-19)26-22(17-10-4-1-5-11-17)18-12-6-2-7-13-18/h1-16,22,26H. The topological polar surface area (TPSA) is 46.9 Å². The molecule has 1 aromatic heterocycles. The SMILES string of the molecule is O=c1c(Cl)c(NC(c2ccccc2)c2ccccc2)cnn1-c1ccccc1. The van der Waals surface area contributed by atoms with Gasteiger partial charge in [0.25, 0.3) is 5.56 Å². The molecule has 0 fully saturated rings. The van der Waals surface area contributed by atoms with Crippen LogP contribution in [0.1, 0.15) is 17.2 Å². The lowest BCUT2D eigenvalue weighted by molar-refractivity contribution is 0.803. The zero-order chi connectivity index (χ0) is 19.3. The Kier molecular flexibility index (Phi) is 5.22. The summed E-state index contributed by atoms with van der Waals surface area (Å²) in [6, 6.07) is 29.1. The van der Waals surface area contributed by atoms with Gasteiger partial charge in [0.1, 0.15) is 5.02 Å². The van der Waals surface area contributed by atoms with E-state index in [1.54, 1.807) is 6.20 Å². The first-order chi connectivity index (χ1) is 13.7. The van der Waals surface area contributed by atoms with Crippen molar-refractivity contribution in [2.75, 3.05) is 5.32 Å². The Bertz CT molecular complexity index is 1070. The summed E-state index contributed by atoms with van der Waals surface area (Å²) in [7, 11) is 0. The number of aromatic nitrogens is 2. The van der Waals surface area contributed by atoms with Crippen LogP contribution in [-0.2, 0) is 0 Å². The first-order valence-electron chi connectivity index (χ1n) is 8.94. The molecule has 4 rings (SSSR count). The number of halogens is 1. The molecule has 28 heavy (non-hydrogen) atoms. The largest absolute Gasteiger partial charge is 0.371 e. The number of hydrogen-bond donors (Lipinski definition) is 1. The van der Waals surface area contributed by atoms with E-state index in [0.717, 1.165) is 11.1 Å². The van der Waals surface area contributed by atoms with Gasteiger partial charge in [-0.1, -0.05) is 90.5 Å². The molecule has 0 saturated carbocycles. The fourth-order valence-electron chi connectivity index (χ4n) is 3.09. The summed E-state index contributed by atoms with van der Waals surface area (Å²) in [6.07, 6.45) is 1.59. The zero-order valence-electron chi connectivity index (χ0n) is 15.0. The van der Waals surface area contributed by atoms with Gasteiger partial charge in [-0.2, -0.15) is 9.78 Å². The van der Waals surface area contributed by atoms with Gasteiger partial charge in [-0.25, -0.2) is 0 Å². The third-order valence-corrected chi connectivity index (χ3v) is 4.85. The van der Waals surface area contributed by atoms with Crippen molar-refractivity contribution in [2.45, 2.75) is 6.04 Å². The molecular formula is C23H18ClN3O. The van der Waals surface area contributed by atoms with Gasteiger partial charge in [0.2, 0.25) is 0 Å². The Morgan fingerprint density at radius 2 is 1.29 bits per heavy atom. The minimum absolute atomic E-state index is 0.107. The molecule has 0 aliphatic carbocycles. The van der Waals surface area contributed by atoms with Crippen molar-refractivity contribution in [2.24, 2.45) is 0 Å². The van der Waals surface area contributed by atoms with Crippen LogP contribution < -0.4 is 10.9 Å². The third kappa shape index (κ3) is 3.68. The second-order valence-corrected chi connectivity index (χ2v) is 6.70. The van der Waals surface area contributed by atoms with Crippen molar-refractivity contribution in [3.63, 3.8) is 0 Å². The molecule has 1 heterocycles. The van der Waals surface area contributed by atoms with Crippen molar-refractivity contribution in [1.82, 2.24) is 9.78 Å². The first-order valence-corrected chi connectivity index (χ1v) is 9.31. The van der Waals surface area contributed by atoms with Gasteiger partial charge in [0.05, 0.1) is 23.6 Å². The number of hydrogen-bond acceptors (Lipinski definition) is 3. The second kappa shape index (κ2) is 8.11. The molecule has 0 saturated heterocycles. The van der Waals surface area contributed by atoms with Crippen molar-refractivity contribution in [1.29, 1.82) is 0 Å². The van der Waals surface area contributed by atoms with Gasteiger partial charge in [-0.15, -0.1) is 0 Å². The van der Waals surface area contributed by atoms with Crippen LogP contribution in [0.25, 0.3) is 5.69 Å². The number of benzene rings is 3. The number of nitrogens with zero attached hydrogens (tertiary/aromatic N) is 2. The van der Waals surface area contributed by atoms with Gasteiger partial charge < -0.3 is 5.32 Å². The summed E-state index contributed by atoms with van der Waals surface area (Å²) in [4.78, 5) is 12.8. The lowest BCUT2D eigenvalue weighted by atomic mass is 9.98. The van der Waals surface area contributed by atoms with E-state index < -0.39 is 0 Å². The van der Waals surface area contributed by atoms with E-state index in [1.807, 2.05) is 91.0 Å². The molecule has 0 bridgehead atoms. The molecule has 4 nitrogen and oxygen atoms in total. The van der Waals surface area contributed by atoms with E-state index in [0.29, 0.717) is 11.4 Å². The molecule has 0 atom stereocenters. The molecule has 0 radical (unpaired) electrons. The minimum Gasteiger partial charge on any atom is -0.371 e. The van der Waals surface area contributed by atoms with E-state index in [-0.39, 0.29) is 16.6 Å². The summed E-state index contributed by atoms with van der Waals surface area (Å²) in [6.45, 7) is 0. The van der Waals surface area contributed by atoms with Crippen LogP contribution in [-0.4, -0.2) is 9.78 Å². The van der Waals surface area contributed by atoms with Crippen molar-refractivity contribution >= 4 is 17.3 Å². The fraction of sp³-hybridized carbons (Fsp3) is 0.0435. The number of para-hydroxylation sites is 1. The predicted molar refractivity (Wildman–Crippen MR) is 113 cm³/mol. The van der Waals surface area contributed by atoms with Crippen molar-refractivity contribution in [3.8, 4) is 5.69 Å². The highest BCUT2D eigenvalue weighted by molar-refractivity contribution is 6.33. The van der Waals surface area contributed by atoms with Gasteiger partial charge in [0, 0.05) is 0 Å². The highest BCUT2D eigenvalue weighted by Gasteiger charge is 2.17. The van der Waals surface area contributed by atoms with E-state index in [2.05, 4.69) is 10.4 Å². The lowest BCUT2D eigenvalue weighted by Crippen LogP contribution is -2.23. The smallest absolute Gasteiger partial charge is 0.292 e. The molecule has 0 aliphatic rings. The van der Waals surface area contributed by atoms with Crippen LogP contribution in [0.4, 0.5) is 5.69 Å². The molecule has 4 aromatic rings. The van der Waals surface area contributed by atoms with E-state index in [1.165, 1.54) is 4.68 Å². The van der Waals surface area contributed by atoms with Crippen LogP contribution in [0.2, 0.25) is 5.02 Å². The monoisotopic (exact) mass is 387 g/mol. The number of anilines is 1. The van der Waals surface area contributed by atoms with E-state index >= 15 is 0 Å². The highest BCUT2D eigenvalue weighted by Crippen LogP contribution is 2.28. The molecule has 1 N–H and O–H groups in total. The molecule has 138 valence electrons. The van der Waals surface area contributed by atoms with Gasteiger partial charge >= 0.3 is 0 Å². The van der Waals surface area contributed by atoms with Crippen molar-refractivity contribution < 1.29 is 0 Å². The highest BCUT2D eigenvalue weighted by atomic mass is 35.5. The summed E-state index contributed by atoms with van der Waals surface area (Å²) < 4.78 is 1.30. The van der Waals surface area contributed by atoms with Crippen LogP contribution in [0.15, 0.2) is 102 Å². The predicted octanol–water partition coefficient (Wildman–Crippen LogP) is 5.09. The Hall–Kier alpha value is -3.37. The summed E-state index contributed by atoms with van der Waals surface area (Å²) in [5, 5.41) is 7.81. The molecule has 5 heteroatoms. The average molecular weight is 388 g/mol. The Balaban J connectivity index is 1.74. The third-order valence-electron chi connectivity index (χ3n) is 4.49. The van der Waals surface area contributed by atoms with Gasteiger partial charge in [-0.05, 0) is 23.3 Å².